The van der Waals surface area contributed by atoms with Crippen molar-refractivity contribution in [3.63, 3.8) is 0 Å². The molecule has 5 nitrogen and oxygen atoms in total. The number of nitrogens with zero attached hydrogens (tertiary/aromatic N) is 4. The Hall–Kier alpha value is -2.69. The second kappa shape index (κ2) is 4.29. The smallest absolute Gasteiger partial charge is 0.0980 e. The first-order valence-corrected chi connectivity index (χ1v) is 5.52. The number of anilines is 1. The number of aromatic nitrogens is 4. The van der Waals surface area contributed by atoms with Gasteiger partial charge in [-0.3, -0.25) is 4.98 Å². The molecule has 0 fully saturated rings. The highest BCUT2D eigenvalue weighted by molar-refractivity contribution is 5.73. The van der Waals surface area contributed by atoms with Crippen molar-refractivity contribution in [3.05, 3.63) is 55.0 Å². The summed E-state index contributed by atoms with van der Waals surface area (Å²) >= 11 is 0. The van der Waals surface area contributed by atoms with Crippen LogP contribution in [0.1, 0.15) is 0 Å². The van der Waals surface area contributed by atoms with E-state index in [2.05, 4.69) is 15.3 Å². The van der Waals surface area contributed by atoms with E-state index < -0.39 is 0 Å². The van der Waals surface area contributed by atoms with Crippen molar-refractivity contribution >= 4 is 5.69 Å². The summed E-state index contributed by atoms with van der Waals surface area (Å²) < 4.78 is 1.74. The number of pyridine rings is 1. The van der Waals surface area contributed by atoms with Crippen LogP contribution >= 0.6 is 0 Å². The van der Waals surface area contributed by atoms with Gasteiger partial charge in [-0.1, -0.05) is 23.4 Å². The molecule has 0 aliphatic rings. The third-order valence-corrected chi connectivity index (χ3v) is 2.68. The van der Waals surface area contributed by atoms with Crippen molar-refractivity contribution in [1.82, 2.24) is 20.0 Å². The zero-order valence-corrected chi connectivity index (χ0v) is 9.56. The Morgan fingerprint density at radius 2 is 1.83 bits per heavy atom. The fourth-order valence-electron chi connectivity index (χ4n) is 1.80. The molecule has 0 unspecified atom stereocenters. The van der Waals surface area contributed by atoms with Crippen molar-refractivity contribution in [1.29, 1.82) is 0 Å². The molecule has 0 amide bonds. The standard InChI is InChI=1S/C13H11N5/c14-12-6-7-15-8-11(12)13-9-16-17-18(13)10-4-2-1-3-5-10/h1-9H,(H2,14,15). The van der Waals surface area contributed by atoms with Crippen LogP contribution in [0.25, 0.3) is 16.9 Å². The van der Waals surface area contributed by atoms with Crippen LogP contribution in [-0.4, -0.2) is 20.0 Å². The van der Waals surface area contributed by atoms with Gasteiger partial charge in [0.1, 0.15) is 0 Å². The van der Waals surface area contributed by atoms with Crippen LogP contribution in [0.2, 0.25) is 0 Å². The Labute approximate surface area is 104 Å². The van der Waals surface area contributed by atoms with Gasteiger partial charge in [-0.15, -0.1) is 5.10 Å². The van der Waals surface area contributed by atoms with E-state index in [1.54, 1.807) is 29.3 Å². The van der Waals surface area contributed by atoms with Crippen LogP contribution in [0.5, 0.6) is 0 Å². The predicted octanol–water partition coefficient (Wildman–Crippen LogP) is 1.91. The molecule has 0 atom stereocenters. The first-order chi connectivity index (χ1) is 8.86. The lowest BCUT2D eigenvalue weighted by Gasteiger charge is -2.07. The van der Waals surface area contributed by atoms with Gasteiger partial charge in [0.25, 0.3) is 0 Å². The van der Waals surface area contributed by atoms with Crippen molar-refractivity contribution in [2.24, 2.45) is 0 Å². The molecule has 0 spiro atoms. The summed E-state index contributed by atoms with van der Waals surface area (Å²) in [7, 11) is 0. The molecule has 2 aromatic heterocycles. The molecule has 0 saturated heterocycles. The summed E-state index contributed by atoms with van der Waals surface area (Å²) in [6.07, 6.45) is 5.06. The molecule has 2 heterocycles. The summed E-state index contributed by atoms with van der Waals surface area (Å²) in [5, 5.41) is 8.03. The third kappa shape index (κ3) is 1.71. The third-order valence-electron chi connectivity index (χ3n) is 2.68. The zero-order chi connectivity index (χ0) is 12.4. The van der Waals surface area contributed by atoms with Crippen molar-refractivity contribution in [2.75, 3.05) is 5.73 Å². The van der Waals surface area contributed by atoms with Crippen LogP contribution in [-0.2, 0) is 0 Å². The van der Waals surface area contributed by atoms with Crippen LogP contribution in [0, 0.1) is 0 Å². The Balaban J connectivity index is 2.16. The van der Waals surface area contributed by atoms with Gasteiger partial charge in [-0.2, -0.15) is 0 Å². The van der Waals surface area contributed by atoms with Crippen LogP contribution in [0.4, 0.5) is 5.69 Å². The van der Waals surface area contributed by atoms with Crippen molar-refractivity contribution < 1.29 is 0 Å². The number of nitrogen functional groups attached to an aromatic ring is 1. The molecule has 88 valence electrons. The summed E-state index contributed by atoms with van der Waals surface area (Å²) in [5.41, 5.74) is 9.20. The van der Waals surface area contributed by atoms with Gasteiger partial charge in [-0.05, 0) is 18.2 Å². The molecule has 2 N–H and O–H groups in total. The number of para-hydroxylation sites is 1. The number of benzene rings is 1. The fraction of sp³-hybridized carbons (Fsp3) is 0. The highest BCUT2D eigenvalue weighted by Crippen LogP contribution is 2.25. The minimum Gasteiger partial charge on any atom is -0.398 e. The molecule has 0 saturated carbocycles. The van der Waals surface area contributed by atoms with Gasteiger partial charge >= 0.3 is 0 Å². The summed E-state index contributed by atoms with van der Waals surface area (Å²) in [4.78, 5) is 4.09. The minimum atomic E-state index is 0.657. The van der Waals surface area contributed by atoms with Crippen LogP contribution in [0.3, 0.4) is 0 Å². The Bertz CT molecular complexity index is 660. The quantitative estimate of drug-likeness (QED) is 0.739. The van der Waals surface area contributed by atoms with E-state index in [4.69, 9.17) is 5.73 Å². The van der Waals surface area contributed by atoms with E-state index in [0.717, 1.165) is 16.9 Å². The molecule has 0 aliphatic carbocycles. The first kappa shape index (κ1) is 10.5. The number of hydrogen-bond acceptors (Lipinski definition) is 4. The monoisotopic (exact) mass is 237 g/mol. The average molecular weight is 237 g/mol. The van der Waals surface area contributed by atoms with E-state index in [1.807, 2.05) is 30.3 Å². The van der Waals surface area contributed by atoms with Gasteiger partial charge in [-0.25, -0.2) is 4.68 Å². The van der Waals surface area contributed by atoms with Crippen molar-refractivity contribution in [3.8, 4) is 16.9 Å². The molecule has 5 heteroatoms. The molecule has 3 rings (SSSR count). The summed E-state index contributed by atoms with van der Waals surface area (Å²) in [6.45, 7) is 0. The number of hydrogen-bond donors (Lipinski definition) is 1. The molecule has 0 radical (unpaired) electrons. The van der Waals surface area contributed by atoms with Crippen LogP contribution in [0.15, 0.2) is 55.0 Å². The topological polar surface area (TPSA) is 69.6 Å². The SMILES string of the molecule is Nc1ccncc1-c1cnnn1-c1ccccc1. The van der Waals surface area contributed by atoms with Crippen LogP contribution < -0.4 is 5.73 Å². The lowest BCUT2D eigenvalue weighted by atomic mass is 10.2. The van der Waals surface area contributed by atoms with E-state index >= 15 is 0 Å². The number of nitrogens with two attached hydrogens (primary N) is 1. The largest absolute Gasteiger partial charge is 0.398 e. The van der Waals surface area contributed by atoms with E-state index in [1.165, 1.54) is 0 Å². The van der Waals surface area contributed by atoms with Gasteiger partial charge in [0.15, 0.2) is 0 Å². The summed E-state index contributed by atoms with van der Waals surface area (Å²) in [6, 6.07) is 11.5. The van der Waals surface area contributed by atoms with Gasteiger partial charge < -0.3 is 5.73 Å². The molecule has 0 aliphatic heterocycles. The lowest BCUT2D eigenvalue weighted by Crippen LogP contribution is -2.01. The van der Waals surface area contributed by atoms with Gasteiger partial charge in [0, 0.05) is 23.6 Å². The van der Waals surface area contributed by atoms with Gasteiger partial charge in [0.2, 0.25) is 0 Å². The summed E-state index contributed by atoms with van der Waals surface area (Å²) in [5.74, 6) is 0. The molecular formula is C13H11N5. The second-order valence-corrected chi connectivity index (χ2v) is 3.83. The Morgan fingerprint density at radius 3 is 2.61 bits per heavy atom. The lowest BCUT2D eigenvalue weighted by molar-refractivity contribution is 0.808. The maximum absolute atomic E-state index is 5.95. The maximum Gasteiger partial charge on any atom is 0.0980 e. The maximum atomic E-state index is 5.95. The Kier molecular flexibility index (Phi) is 2.49. The molecular weight excluding hydrogens is 226 g/mol. The van der Waals surface area contributed by atoms with Crippen molar-refractivity contribution in [2.45, 2.75) is 0 Å². The zero-order valence-electron chi connectivity index (χ0n) is 9.56. The van der Waals surface area contributed by atoms with E-state index in [9.17, 15) is 0 Å². The highest BCUT2D eigenvalue weighted by atomic mass is 15.4. The first-order valence-electron chi connectivity index (χ1n) is 5.52. The number of rotatable bonds is 2. The average Bonchev–Trinajstić information content (AvgIpc) is 2.89. The molecule has 0 bridgehead atoms. The molecule has 3 aromatic rings. The fourth-order valence-corrected chi connectivity index (χ4v) is 1.80. The Morgan fingerprint density at radius 1 is 1.00 bits per heavy atom. The molecule has 18 heavy (non-hydrogen) atoms. The molecule has 1 aromatic carbocycles. The minimum absolute atomic E-state index is 0.657. The normalized spacial score (nSPS) is 10.4. The predicted molar refractivity (Wildman–Crippen MR) is 69.0 cm³/mol. The second-order valence-electron chi connectivity index (χ2n) is 3.83. The van der Waals surface area contributed by atoms with E-state index in [0.29, 0.717) is 5.69 Å². The van der Waals surface area contributed by atoms with Gasteiger partial charge in [0.05, 0.1) is 17.6 Å². The van der Waals surface area contributed by atoms with E-state index in [-0.39, 0.29) is 0 Å². The highest BCUT2D eigenvalue weighted by Gasteiger charge is 2.10.